The van der Waals surface area contributed by atoms with Gasteiger partial charge in [0.15, 0.2) is 0 Å². The molecule has 27 heavy (non-hydrogen) atoms. The highest BCUT2D eigenvalue weighted by Gasteiger charge is 2.27. The smallest absolute Gasteiger partial charge is 0.326 e. The Kier molecular flexibility index (Phi) is 9.08. The molecule has 0 aliphatic heterocycles. The van der Waals surface area contributed by atoms with E-state index >= 15 is 0 Å². The largest absolute Gasteiger partial charge is 0.480 e. The van der Waals surface area contributed by atoms with Gasteiger partial charge in [0.25, 0.3) is 0 Å². The first kappa shape index (κ1) is 22.8. The first-order chi connectivity index (χ1) is 12.6. The lowest BCUT2D eigenvalue weighted by Crippen LogP contribution is -2.53. The highest BCUT2D eigenvalue weighted by Crippen LogP contribution is 2.15. The topological polar surface area (TPSA) is 108 Å². The lowest BCUT2D eigenvalue weighted by molar-refractivity contribution is -0.142. The summed E-state index contributed by atoms with van der Waals surface area (Å²) in [6.45, 7) is 7.59. The number of hydrogen-bond donors (Lipinski definition) is 4. The Labute approximate surface area is 164 Å². The SMILES string of the molecule is CC(C)CC(NC(=O)C(CC(C)C)NC(=O)Nc1cccc(Cl)c1)C(=O)O. The first-order valence-corrected chi connectivity index (χ1v) is 9.32. The minimum atomic E-state index is -1.09. The first-order valence-electron chi connectivity index (χ1n) is 8.94. The second-order valence-electron chi connectivity index (χ2n) is 7.32. The molecule has 1 aromatic carbocycles. The van der Waals surface area contributed by atoms with Gasteiger partial charge in [0.2, 0.25) is 5.91 Å². The molecule has 0 aliphatic rings. The standard InChI is InChI=1S/C19H28ClN3O4/c1-11(2)8-15(17(24)22-16(18(25)26)9-12(3)4)23-19(27)21-14-7-5-6-13(20)10-14/h5-7,10-12,15-16H,8-9H2,1-4H3,(H,22,24)(H,25,26)(H2,21,23,27). The van der Waals surface area contributed by atoms with Crippen LogP contribution in [-0.2, 0) is 9.59 Å². The van der Waals surface area contributed by atoms with Crippen molar-refractivity contribution in [2.75, 3.05) is 5.32 Å². The predicted octanol–water partition coefficient (Wildman–Crippen LogP) is 3.49. The van der Waals surface area contributed by atoms with E-state index in [1.807, 2.05) is 27.7 Å². The summed E-state index contributed by atoms with van der Waals surface area (Å²) in [7, 11) is 0. The molecular formula is C19H28ClN3O4. The van der Waals surface area contributed by atoms with E-state index in [-0.39, 0.29) is 11.8 Å². The van der Waals surface area contributed by atoms with Crippen LogP contribution in [0.1, 0.15) is 40.5 Å². The maximum Gasteiger partial charge on any atom is 0.326 e. The highest BCUT2D eigenvalue weighted by molar-refractivity contribution is 6.30. The number of carbonyl (C=O) groups is 3. The minimum Gasteiger partial charge on any atom is -0.480 e. The maximum atomic E-state index is 12.6. The summed E-state index contributed by atoms with van der Waals surface area (Å²) in [5.41, 5.74) is 0.493. The molecule has 2 unspecified atom stereocenters. The van der Waals surface area contributed by atoms with Crippen molar-refractivity contribution in [2.24, 2.45) is 11.8 Å². The second kappa shape index (κ2) is 10.8. The molecule has 0 radical (unpaired) electrons. The van der Waals surface area contributed by atoms with Gasteiger partial charge in [0, 0.05) is 10.7 Å². The van der Waals surface area contributed by atoms with Crippen molar-refractivity contribution in [3.05, 3.63) is 29.3 Å². The van der Waals surface area contributed by atoms with Crippen molar-refractivity contribution in [3.63, 3.8) is 0 Å². The van der Waals surface area contributed by atoms with Gasteiger partial charge in [0.1, 0.15) is 12.1 Å². The summed E-state index contributed by atoms with van der Waals surface area (Å²) in [6.07, 6.45) is 0.687. The summed E-state index contributed by atoms with van der Waals surface area (Å²) < 4.78 is 0. The van der Waals surface area contributed by atoms with Gasteiger partial charge in [-0.15, -0.1) is 0 Å². The van der Waals surface area contributed by atoms with Crippen LogP contribution in [-0.4, -0.2) is 35.1 Å². The number of halogens is 1. The summed E-state index contributed by atoms with van der Waals surface area (Å²) >= 11 is 5.89. The molecule has 0 saturated carbocycles. The third-order valence-corrected chi connectivity index (χ3v) is 3.97. The molecule has 4 N–H and O–H groups in total. The fourth-order valence-corrected chi connectivity index (χ4v) is 2.75. The van der Waals surface area contributed by atoms with Gasteiger partial charge in [-0.3, -0.25) is 4.79 Å². The second-order valence-corrected chi connectivity index (χ2v) is 7.76. The van der Waals surface area contributed by atoms with Gasteiger partial charge in [-0.25, -0.2) is 9.59 Å². The van der Waals surface area contributed by atoms with Crippen molar-refractivity contribution >= 4 is 35.2 Å². The fourth-order valence-electron chi connectivity index (χ4n) is 2.56. The molecule has 1 aromatic rings. The average molecular weight is 398 g/mol. The molecule has 0 heterocycles. The number of rotatable bonds is 9. The molecule has 0 bridgehead atoms. The summed E-state index contributed by atoms with van der Waals surface area (Å²) in [5.74, 6) is -1.38. The zero-order valence-electron chi connectivity index (χ0n) is 16.1. The third kappa shape index (κ3) is 8.77. The summed E-state index contributed by atoms with van der Waals surface area (Å²) in [4.78, 5) is 36.2. The normalized spacial score (nSPS) is 13.1. The van der Waals surface area contributed by atoms with Crippen LogP contribution in [0.2, 0.25) is 5.02 Å². The Morgan fingerprint density at radius 1 is 1.00 bits per heavy atom. The van der Waals surface area contributed by atoms with Crippen molar-refractivity contribution in [1.29, 1.82) is 0 Å². The molecule has 7 nitrogen and oxygen atoms in total. The van der Waals surface area contributed by atoms with Crippen LogP contribution < -0.4 is 16.0 Å². The summed E-state index contributed by atoms with van der Waals surface area (Å²) in [5, 5.41) is 17.5. The number of benzene rings is 1. The van der Waals surface area contributed by atoms with E-state index in [2.05, 4.69) is 16.0 Å². The van der Waals surface area contributed by atoms with Crippen LogP contribution in [0.4, 0.5) is 10.5 Å². The highest BCUT2D eigenvalue weighted by atomic mass is 35.5. The number of urea groups is 1. The molecule has 0 aliphatic carbocycles. The molecule has 3 amide bonds. The van der Waals surface area contributed by atoms with Gasteiger partial charge in [-0.1, -0.05) is 45.4 Å². The Hall–Kier alpha value is -2.28. The van der Waals surface area contributed by atoms with Crippen LogP contribution in [0.3, 0.4) is 0 Å². The van der Waals surface area contributed by atoms with Gasteiger partial charge < -0.3 is 21.1 Å². The van der Waals surface area contributed by atoms with E-state index < -0.39 is 30.0 Å². The monoisotopic (exact) mass is 397 g/mol. The molecule has 0 spiro atoms. The zero-order valence-corrected chi connectivity index (χ0v) is 16.8. The molecule has 1 rings (SSSR count). The Balaban J connectivity index is 2.79. The molecule has 150 valence electrons. The van der Waals surface area contributed by atoms with Crippen LogP contribution in [0.25, 0.3) is 0 Å². The van der Waals surface area contributed by atoms with Crippen LogP contribution >= 0.6 is 11.6 Å². The van der Waals surface area contributed by atoms with E-state index in [4.69, 9.17) is 11.6 Å². The Morgan fingerprint density at radius 2 is 1.59 bits per heavy atom. The molecule has 0 aromatic heterocycles. The van der Waals surface area contributed by atoms with E-state index in [0.29, 0.717) is 23.6 Å². The number of hydrogen-bond acceptors (Lipinski definition) is 3. The molecule has 2 atom stereocenters. The van der Waals surface area contributed by atoms with Crippen LogP contribution in [0.15, 0.2) is 24.3 Å². The Morgan fingerprint density at radius 3 is 2.11 bits per heavy atom. The van der Waals surface area contributed by atoms with Gasteiger partial charge >= 0.3 is 12.0 Å². The van der Waals surface area contributed by atoms with Crippen molar-refractivity contribution in [2.45, 2.75) is 52.6 Å². The quantitative estimate of drug-likeness (QED) is 0.511. The third-order valence-electron chi connectivity index (χ3n) is 3.73. The molecule has 8 heteroatoms. The number of aliphatic carboxylic acids is 1. The number of carboxylic acids is 1. The fraction of sp³-hybridized carbons (Fsp3) is 0.526. The Bertz CT molecular complexity index is 664. The van der Waals surface area contributed by atoms with Gasteiger partial charge in [0.05, 0.1) is 0 Å². The lowest BCUT2D eigenvalue weighted by atomic mass is 10.0. The zero-order chi connectivity index (χ0) is 20.6. The van der Waals surface area contributed by atoms with E-state index in [1.54, 1.807) is 24.3 Å². The average Bonchev–Trinajstić information content (AvgIpc) is 2.52. The maximum absolute atomic E-state index is 12.6. The number of anilines is 1. The van der Waals surface area contributed by atoms with Crippen molar-refractivity contribution in [1.82, 2.24) is 10.6 Å². The van der Waals surface area contributed by atoms with E-state index in [9.17, 15) is 19.5 Å². The summed E-state index contributed by atoms with van der Waals surface area (Å²) in [6, 6.07) is 4.23. The van der Waals surface area contributed by atoms with E-state index in [1.165, 1.54) is 0 Å². The molecule has 0 saturated heterocycles. The van der Waals surface area contributed by atoms with Crippen LogP contribution in [0.5, 0.6) is 0 Å². The number of amides is 3. The lowest BCUT2D eigenvalue weighted by Gasteiger charge is -2.23. The van der Waals surface area contributed by atoms with Gasteiger partial charge in [-0.05, 0) is 42.9 Å². The predicted molar refractivity (Wildman–Crippen MR) is 106 cm³/mol. The molecular weight excluding hydrogens is 370 g/mol. The molecule has 0 fully saturated rings. The number of nitrogens with one attached hydrogen (secondary N) is 3. The van der Waals surface area contributed by atoms with Crippen LogP contribution in [0, 0.1) is 11.8 Å². The van der Waals surface area contributed by atoms with E-state index in [0.717, 1.165) is 0 Å². The number of carbonyl (C=O) groups excluding carboxylic acids is 2. The van der Waals surface area contributed by atoms with Gasteiger partial charge in [-0.2, -0.15) is 0 Å². The minimum absolute atomic E-state index is 0.106. The van der Waals surface area contributed by atoms with Crippen molar-refractivity contribution in [3.8, 4) is 0 Å². The number of carboxylic acid groups (broad SMARTS) is 1. The van der Waals surface area contributed by atoms with Crippen molar-refractivity contribution < 1.29 is 19.5 Å².